The van der Waals surface area contributed by atoms with E-state index in [1.54, 1.807) is 10.7 Å². The Bertz CT molecular complexity index is 962. The third-order valence-electron chi connectivity index (χ3n) is 4.01. The van der Waals surface area contributed by atoms with Crippen LogP contribution in [-0.4, -0.2) is 22.1 Å². The molecule has 28 heavy (non-hydrogen) atoms. The van der Waals surface area contributed by atoms with Gasteiger partial charge in [0.1, 0.15) is 5.75 Å². The molecule has 0 bridgehead atoms. The molecule has 0 spiro atoms. The highest BCUT2D eigenvalue weighted by atomic mass is 19.4. The van der Waals surface area contributed by atoms with Crippen LogP contribution in [0.5, 0.6) is 5.75 Å². The molecular weight excluding hydrogens is 371 g/mol. The number of nitrogens with zero attached hydrogens (tertiary/aromatic N) is 2. The van der Waals surface area contributed by atoms with Gasteiger partial charge in [0.2, 0.25) is 0 Å². The van der Waals surface area contributed by atoms with Crippen LogP contribution in [0.2, 0.25) is 0 Å². The molecule has 0 aliphatic rings. The van der Waals surface area contributed by atoms with Crippen molar-refractivity contribution in [3.63, 3.8) is 0 Å². The highest BCUT2D eigenvalue weighted by Gasteiger charge is 2.31. The third kappa shape index (κ3) is 5.12. The molecule has 0 aliphatic carbocycles. The van der Waals surface area contributed by atoms with Crippen LogP contribution in [0.15, 0.2) is 54.6 Å². The molecule has 0 saturated carbocycles. The number of hydrogen-bond donors (Lipinski definition) is 1. The van der Waals surface area contributed by atoms with Crippen molar-refractivity contribution >= 4 is 11.6 Å². The predicted molar refractivity (Wildman–Crippen MR) is 98.3 cm³/mol. The number of carbonyl (C=O) groups excluding carboxylic acids is 1. The average molecular weight is 389 g/mol. The second-order valence-electron chi connectivity index (χ2n) is 6.34. The van der Waals surface area contributed by atoms with Crippen LogP contribution in [-0.2, 0) is 6.54 Å². The molecule has 8 heteroatoms. The van der Waals surface area contributed by atoms with E-state index in [2.05, 4.69) is 15.2 Å². The lowest BCUT2D eigenvalue weighted by molar-refractivity contribution is -0.274. The maximum absolute atomic E-state index is 12.4. The number of amides is 1. The maximum atomic E-state index is 12.4. The van der Waals surface area contributed by atoms with E-state index < -0.39 is 12.3 Å². The quantitative estimate of drug-likeness (QED) is 0.688. The van der Waals surface area contributed by atoms with Crippen LogP contribution < -0.4 is 10.1 Å². The fraction of sp³-hybridized carbons (Fsp3) is 0.200. The number of rotatable bonds is 5. The number of nitrogens with one attached hydrogen (secondary N) is 1. The van der Waals surface area contributed by atoms with Crippen molar-refractivity contribution in [1.82, 2.24) is 9.78 Å². The predicted octanol–water partition coefficient (Wildman–Crippen LogP) is 4.70. The molecule has 3 rings (SSSR count). The Morgan fingerprint density at radius 1 is 1.07 bits per heavy atom. The van der Waals surface area contributed by atoms with Crippen LogP contribution in [0.3, 0.4) is 0 Å². The van der Waals surface area contributed by atoms with Crippen molar-refractivity contribution in [1.29, 1.82) is 0 Å². The Labute approximate surface area is 159 Å². The van der Waals surface area contributed by atoms with Crippen LogP contribution in [0, 0.1) is 13.8 Å². The summed E-state index contributed by atoms with van der Waals surface area (Å²) in [5.41, 5.74) is 3.60. The largest absolute Gasteiger partial charge is 0.573 e. The van der Waals surface area contributed by atoms with Crippen molar-refractivity contribution in [2.75, 3.05) is 5.32 Å². The topological polar surface area (TPSA) is 56.2 Å². The molecule has 0 aliphatic heterocycles. The minimum atomic E-state index is -4.76. The summed E-state index contributed by atoms with van der Waals surface area (Å²) in [5.74, 6) is -0.807. The zero-order valence-corrected chi connectivity index (χ0v) is 15.2. The summed E-state index contributed by atoms with van der Waals surface area (Å²) in [6.07, 6.45) is -4.76. The molecule has 5 nitrogen and oxygen atoms in total. The number of aryl methyl sites for hydroxylation is 2. The molecule has 3 aromatic rings. The summed E-state index contributed by atoms with van der Waals surface area (Å²) in [6, 6.07) is 14.6. The van der Waals surface area contributed by atoms with Gasteiger partial charge in [-0.05, 0) is 49.7 Å². The third-order valence-corrected chi connectivity index (χ3v) is 4.01. The first-order chi connectivity index (χ1) is 13.2. The number of benzene rings is 2. The maximum Gasteiger partial charge on any atom is 0.573 e. The molecule has 0 atom stereocenters. The smallest absolute Gasteiger partial charge is 0.406 e. The zero-order valence-electron chi connectivity index (χ0n) is 15.2. The van der Waals surface area contributed by atoms with Crippen LogP contribution in [0.1, 0.15) is 27.3 Å². The highest BCUT2D eigenvalue weighted by Crippen LogP contribution is 2.24. The minimum absolute atomic E-state index is 0.222. The lowest BCUT2D eigenvalue weighted by Crippen LogP contribution is -2.17. The number of hydrogen-bond acceptors (Lipinski definition) is 3. The summed E-state index contributed by atoms with van der Waals surface area (Å²) >= 11 is 0. The Morgan fingerprint density at radius 3 is 2.32 bits per heavy atom. The van der Waals surface area contributed by atoms with Gasteiger partial charge in [0.15, 0.2) is 5.69 Å². The van der Waals surface area contributed by atoms with E-state index in [9.17, 15) is 18.0 Å². The number of aromatic nitrogens is 2. The van der Waals surface area contributed by atoms with Gasteiger partial charge in [-0.15, -0.1) is 13.2 Å². The summed E-state index contributed by atoms with van der Waals surface area (Å²) in [5, 5.41) is 6.93. The highest BCUT2D eigenvalue weighted by molar-refractivity contribution is 6.02. The fourth-order valence-electron chi connectivity index (χ4n) is 2.58. The SMILES string of the molecule is Cc1ccc(Cn2nc(C(=O)Nc3ccc(OC(F)(F)F)cc3)cc2C)cc1. The van der Waals surface area contributed by atoms with Gasteiger partial charge < -0.3 is 10.1 Å². The average Bonchev–Trinajstić information content (AvgIpc) is 2.98. The minimum Gasteiger partial charge on any atom is -0.406 e. The van der Waals surface area contributed by atoms with E-state index in [0.717, 1.165) is 29.0 Å². The molecule has 146 valence electrons. The van der Waals surface area contributed by atoms with Crippen molar-refractivity contribution in [3.8, 4) is 5.75 Å². The second-order valence-corrected chi connectivity index (χ2v) is 6.34. The second kappa shape index (κ2) is 7.75. The van der Waals surface area contributed by atoms with Crippen LogP contribution >= 0.6 is 0 Å². The molecule has 0 unspecified atom stereocenters. The van der Waals surface area contributed by atoms with Gasteiger partial charge in [0.05, 0.1) is 6.54 Å². The Kier molecular flexibility index (Phi) is 5.39. The fourth-order valence-corrected chi connectivity index (χ4v) is 2.58. The van der Waals surface area contributed by atoms with Crippen molar-refractivity contribution in [2.24, 2.45) is 0 Å². The Balaban J connectivity index is 1.67. The van der Waals surface area contributed by atoms with Gasteiger partial charge in [-0.1, -0.05) is 29.8 Å². The molecule has 0 saturated heterocycles. The molecule has 1 amide bonds. The van der Waals surface area contributed by atoms with Crippen molar-refractivity contribution < 1.29 is 22.7 Å². The van der Waals surface area contributed by atoms with Gasteiger partial charge >= 0.3 is 6.36 Å². The molecule has 0 radical (unpaired) electrons. The van der Waals surface area contributed by atoms with Gasteiger partial charge in [-0.25, -0.2) is 0 Å². The summed E-state index contributed by atoms with van der Waals surface area (Å²) in [7, 11) is 0. The number of carbonyl (C=O) groups is 1. The van der Waals surface area contributed by atoms with Gasteiger partial charge in [0, 0.05) is 11.4 Å². The van der Waals surface area contributed by atoms with Gasteiger partial charge in [-0.2, -0.15) is 5.10 Å². The molecule has 2 aromatic carbocycles. The lowest BCUT2D eigenvalue weighted by Gasteiger charge is -2.09. The van der Waals surface area contributed by atoms with E-state index in [1.807, 2.05) is 38.1 Å². The van der Waals surface area contributed by atoms with E-state index in [0.29, 0.717) is 12.2 Å². The first-order valence-electron chi connectivity index (χ1n) is 8.47. The van der Waals surface area contributed by atoms with Gasteiger partial charge in [-0.3, -0.25) is 9.48 Å². The van der Waals surface area contributed by atoms with Gasteiger partial charge in [0.25, 0.3) is 5.91 Å². The zero-order chi connectivity index (χ0) is 20.3. The van der Waals surface area contributed by atoms with Crippen molar-refractivity contribution in [3.05, 3.63) is 77.1 Å². The molecular formula is C20H18F3N3O2. The number of halogens is 3. The standard InChI is InChI=1S/C20H18F3N3O2/c1-13-3-5-15(6-4-13)12-26-14(2)11-18(25-26)19(27)24-16-7-9-17(10-8-16)28-20(21,22)23/h3-11H,12H2,1-2H3,(H,24,27). The lowest BCUT2D eigenvalue weighted by atomic mass is 10.1. The Hall–Kier alpha value is -3.29. The number of anilines is 1. The van der Waals surface area contributed by atoms with Crippen LogP contribution in [0.4, 0.5) is 18.9 Å². The first kappa shape index (κ1) is 19.5. The number of alkyl halides is 3. The summed E-state index contributed by atoms with van der Waals surface area (Å²) in [6.45, 7) is 4.39. The first-order valence-corrected chi connectivity index (χ1v) is 8.47. The monoisotopic (exact) mass is 389 g/mol. The number of ether oxygens (including phenoxy) is 1. The molecule has 0 fully saturated rings. The molecule has 1 N–H and O–H groups in total. The van der Waals surface area contributed by atoms with Crippen LogP contribution in [0.25, 0.3) is 0 Å². The summed E-state index contributed by atoms with van der Waals surface area (Å²) in [4.78, 5) is 12.4. The van der Waals surface area contributed by atoms with E-state index in [4.69, 9.17) is 0 Å². The van der Waals surface area contributed by atoms with Crippen molar-refractivity contribution in [2.45, 2.75) is 26.8 Å². The molecule has 1 heterocycles. The Morgan fingerprint density at radius 2 is 1.71 bits per heavy atom. The summed E-state index contributed by atoms with van der Waals surface area (Å²) < 4.78 is 42.1. The van der Waals surface area contributed by atoms with E-state index in [1.165, 1.54) is 12.1 Å². The normalized spacial score (nSPS) is 11.3. The van der Waals surface area contributed by atoms with E-state index in [-0.39, 0.29) is 11.4 Å². The molecule has 1 aromatic heterocycles. The van der Waals surface area contributed by atoms with E-state index >= 15 is 0 Å².